The van der Waals surface area contributed by atoms with Crippen LogP contribution in [0.5, 0.6) is 28.7 Å². The fourth-order valence-corrected chi connectivity index (χ4v) is 5.36. The zero-order valence-electron chi connectivity index (χ0n) is 21.3. The fourth-order valence-electron chi connectivity index (χ4n) is 5.36. The first-order valence-electron chi connectivity index (χ1n) is 11.8. The van der Waals surface area contributed by atoms with E-state index >= 15 is 0 Å². The molecule has 0 radical (unpaired) electrons. The maximum Gasteiger partial charge on any atom is 0.270 e. The number of hydrogen-bond acceptors (Lipinski definition) is 8. The maximum absolute atomic E-state index is 13.8. The third kappa shape index (κ3) is 3.98. The van der Waals surface area contributed by atoms with Crippen molar-refractivity contribution >= 4 is 11.6 Å². The second kappa shape index (κ2) is 9.61. The number of hydrogen-bond donors (Lipinski definition) is 3. The van der Waals surface area contributed by atoms with Gasteiger partial charge in [-0.05, 0) is 47.7 Å². The Morgan fingerprint density at radius 2 is 1.38 bits per heavy atom. The predicted octanol–water partition coefficient (Wildman–Crippen LogP) is 3.70. The molecular weight excluding hydrogens is 478 g/mol. The number of aromatic amines is 2. The first-order chi connectivity index (χ1) is 17.9. The largest absolute Gasteiger partial charge is 0.493 e. The standard InChI is InChI=1S/C27H29N3O7/c1-33-18-7-6-13(10-19(18)34-2)14-8-16-23(17(31)9-14)22(24-26(28-16)29-30-27(24)32)15-11-20(35-3)25(37-5)21(12-15)36-4/h6-7,10-12,14,22H,8-9H2,1-5H3,(H3,28,29,30,32)/t14-,22-/m0/s1. The van der Waals surface area contributed by atoms with Gasteiger partial charge in [0, 0.05) is 23.6 Å². The van der Waals surface area contributed by atoms with Gasteiger partial charge in [0.25, 0.3) is 5.56 Å². The Kier molecular flexibility index (Phi) is 6.32. The summed E-state index contributed by atoms with van der Waals surface area (Å²) in [5.74, 6) is 2.35. The number of benzene rings is 2. The van der Waals surface area contributed by atoms with Gasteiger partial charge in [0.2, 0.25) is 5.75 Å². The molecule has 0 saturated carbocycles. The molecule has 0 saturated heterocycles. The Balaban J connectivity index is 1.63. The van der Waals surface area contributed by atoms with Crippen LogP contribution in [-0.4, -0.2) is 51.5 Å². The van der Waals surface area contributed by atoms with Crippen LogP contribution in [0.2, 0.25) is 0 Å². The van der Waals surface area contributed by atoms with Crippen LogP contribution in [0.4, 0.5) is 5.82 Å². The highest BCUT2D eigenvalue weighted by Gasteiger charge is 2.41. The molecule has 2 heterocycles. The van der Waals surface area contributed by atoms with Crippen LogP contribution in [0.25, 0.3) is 0 Å². The summed E-state index contributed by atoms with van der Waals surface area (Å²) in [7, 11) is 7.76. The van der Waals surface area contributed by atoms with E-state index in [1.807, 2.05) is 18.2 Å². The summed E-state index contributed by atoms with van der Waals surface area (Å²) in [6.45, 7) is 0. The molecule has 1 aliphatic carbocycles. The lowest BCUT2D eigenvalue weighted by atomic mass is 9.72. The number of ketones is 1. The summed E-state index contributed by atoms with van der Waals surface area (Å²) in [6.07, 6.45) is 0.860. The Labute approximate surface area is 213 Å². The number of Topliss-reactive ketones (excluding diaryl/α,β-unsaturated/α-hetero) is 1. The van der Waals surface area contributed by atoms with Gasteiger partial charge in [-0.15, -0.1) is 0 Å². The molecule has 0 fully saturated rings. The van der Waals surface area contributed by atoms with Crippen LogP contribution in [0.3, 0.4) is 0 Å². The number of allylic oxidation sites excluding steroid dienone is 2. The molecule has 0 spiro atoms. The molecule has 1 aliphatic heterocycles. The molecule has 5 rings (SSSR count). The number of rotatable bonds is 7. The summed E-state index contributed by atoms with van der Waals surface area (Å²) in [4.78, 5) is 26.7. The highest BCUT2D eigenvalue weighted by Crippen LogP contribution is 2.49. The fraction of sp³-hybridized carbons (Fsp3) is 0.333. The minimum absolute atomic E-state index is 0.0430. The molecule has 1 aromatic heterocycles. The summed E-state index contributed by atoms with van der Waals surface area (Å²) < 4.78 is 27.4. The maximum atomic E-state index is 13.8. The second-order valence-corrected chi connectivity index (χ2v) is 8.92. The molecule has 0 unspecified atom stereocenters. The number of carbonyl (C=O) groups is 1. The van der Waals surface area contributed by atoms with Crippen LogP contribution < -0.4 is 34.6 Å². The molecule has 10 heteroatoms. The van der Waals surface area contributed by atoms with E-state index in [0.717, 1.165) is 11.3 Å². The van der Waals surface area contributed by atoms with E-state index in [-0.39, 0.29) is 23.7 Å². The lowest BCUT2D eigenvalue weighted by Gasteiger charge is -2.35. The minimum Gasteiger partial charge on any atom is -0.493 e. The summed E-state index contributed by atoms with van der Waals surface area (Å²) in [5.41, 5.74) is 3.11. The van der Waals surface area contributed by atoms with Gasteiger partial charge in [-0.25, -0.2) is 0 Å². The normalized spacial score (nSPS) is 18.5. The molecule has 37 heavy (non-hydrogen) atoms. The Morgan fingerprint density at radius 1 is 0.730 bits per heavy atom. The Morgan fingerprint density at radius 3 is 2.00 bits per heavy atom. The van der Waals surface area contributed by atoms with Crippen molar-refractivity contribution in [3.63, 3.8) is 0 Å². The third-order valence-corrected chi connectivity index (χ3v) is 7.08. The van der Waals surface area contributed by atoms with Gasteiger partial charge in [-0.3, -0.25) is 19.8 Å². The van der Waals surface area contributed by atoms with Crippen LogP contribution >= 0.6 is 0 Å². The van der Waals surface area contributed by atoms with Crippen molar-refractivity contribution in [3.8, 4) is 28.7 Å². The zero-order valence-corrected chi connectivity index (χ0v) is 21.3. The highest BCUT2D eigenvalue weighted by molar-refractivity contribution is 6.01. The monoisotopic (exact) mass is 507 g/mol. The smallest absolute Gasteiger partial charge is 0.270 e. The van der Waals surface area contributed by atoms with E-state index in [2.05, 4.69) is 15.5 Å². The number of methoxy groups -OCH3 is 5. The van der Waals surface area contributed by atoms with Crippen LogP contribution in [0.15, 0.2) is 46.4 Å². The van der Waals surface area contributed by atoms with E-state index in [9.17, 15) is 9.59 Å². The Hall–Kier alpha value is -4.34. The molecule has 10 nitrogen and oxygen atoms in total. The Bertz CT molecular complexity index is 1430. The number of H-pyrrole nitrogens is 2. The van der Waals surface area contributed by atoms with Crippen molar-refractivity contribution in [2.45, 2.75) is 24.7 Å². The van der Waals surface area contributed by atoms with E-state index in [4.69, 9.17) is 23.7 Å². The van der Waals surface area contributed by atoms with Gasteiger partial charge in [0.15, 0.2) is 28.8 Å². The zero-order chi connectivity index (χ0) is 26.3. The molecule has 0 bridgehead atoms. The number of aromatic nitrogens is 2. The molecule has 0 amide bonds. The topological polar surface area (TPSA) is 124 Å². The molecular formula is C27H29N3O7. The summed E-state index contributed by atoms with van der Waals surface area (Å²) in [5, 5.41) is 8.89. The van der Waals surface area contributed by atoms with Gasteiger partial charge in [-0.1, -0.05) is 6.07 Å². The molecule has 2 aromatic carbocycles. The lowest BCUT2D eigenvalue weighted by Crippen LogP contribution is -2.31. The van der Waals surface area contributed by atoms with Gasteiger partial charge in [0.1, 0.15) is 5.82 Å². The number of ether oxygens (including phenoxy) is 5. The minimum atomic E-state index is -0.617. The van der Waals surface area contributed by atoms with E-state index in [1.165, 1.54) is 21.3 Å². The number of fused-ring (bicyclic) bond motifs is 1. The molecule has 3 aromatic rings. The van der Waals surface area contributed by atoms with E-state index < -0.39 is 5.92 Å². The van der Waals surface area contributed by atoms with Crippen LogP contribution in [0, 0.1) is 0 Å². The highest BCUT2D eigenvalue weighted by atomic mass is 16.5. The number of carbonyl (C=O) groups excluding carboxylic acids is 1. The lowest BCUT2D eigenvalue weighted by molar-refractivity contribution is -0.116. The molecule has 2 atom stereocenters. The second-order valence-electron chi connectivity index (χ2n) is 8.92. The summed E-state index contributed by atoms with van der Waals surface area (Å²) >= 11 is 0. The van der Waals surface area contributed by atoms with E-state index in [1.54, 1.807) is 26.4 Å². The molecule has 3 N–H and O–H groups in total. The quantitative estimate of drug-likeness (QED) is 0.442. The van der Waals surface area contributed by atoms with Crippen LogP contribution in [-0.2, 0) is 4.79 Å². The van der Waals surface area contributed by atoms with Gasteiger partial charge in [-0.2, -0.15) is 0 Å². The van der Waals surface area contributed by atoms with Crippen molar-refractivity contribution in [1.82, 2.24) is 10.2 Å². The average molecular weight is 508 g/mol. The van der Waals surface area contributed by atoms with Gasteiger partial charge in [0.05, 0.1) is 41.1 Å². The van der Waals surface area contributed by atoms with Crippen molar-refractivity contribution in [2.24, 2.45) is 0 Å². The van der Waals surface area contributed by atoms with Crippen molar-refractivity contribution in [1.29, 1.82) is 0 Å². The van der Waals surface area contributed by atoms with Gasteiger partial charge >= 0.3 is 0 Å². The SMILES string of the molecule is COc1ccc([C@@H]2CC(=O)C3=C(C2)Nc2[nH][nH]c(=O)c2[C@H]3c2cc(OC)c(OC)c(OC)c2)cc1OC. The predicted molar refractivity (Wildman–Crippen MR) is 137 cm³/mol. The van der Waals surface area contributed by atoms with Crippen molar-refractivity contribution in [3.05, 3.63) is 68.6 Å². The first-order valence-corrected chi connectivity index (χ1v) is 11.8. The number of nitrogens with one attached hydrogen (secondary N) is 3. The average Bonchev–Trinajstić information content (AvgIpc) is 3.30. The third-order valence-electron chi connectivity index (χ3n) is 7.08. The molecule has 2 aliphatic rings. The van der Waals surface area contributed by atoms with Crippen LogP contribution in [0.1, 0.15) is 41.4 Å². The number of anilines is 1. The van der Waals surface area contributed by atoms with Gasteiger partial charge < -0.3 is 29.0 Å². The van der Waals surface area contributed by atoms with Crippen molar-refractivity contribution in [2.75, 3.05) is 40.9 Å². The molecule has 194 valence electrons. The van der Waals surface area contributed by atoms with E-state index in [0.29, 0.717) is 57.7 Å². The first kappa shape index (κ1) is 24.4. The van der Waals surface area contributed by atoms with Crippen molar-refractivity contribution < 1.29 is 28.5 Å². The summed E-state index contributed by atoms with van der Waals surface area (Å²) in [6, 6.07) is 9.27.